The van der Waals surface area contributed by atoms with E-state index in [1.165, 1.54) is 18.6 Å². The zero-order chi connectivity index (χ0) is 23.4. The SMILES string of the molecule is CN=C1NN(C)c2cc3cnc(Nc4ccc(S(N)(=O)=O)cc4F)nc3n2C12CCCCC2. The summed E-state index contributed by atoms with van der Waals surface area (Å²) < 4.78 is 39.7. The Balaban J connectivity index is 1.61. The summed E-state index contributed by atoms with van der Waals surface area (Å²) in [5.74, 6) is 1.28. The first-order valence-corrected chi connectivity index (χ1v) is 12.2. The third-order valence-electron chi connectivity index (χ3n) is 6.43. The largest absolute Gasteiger partial charge is 0.322 e. The molecule has 5 rings (SSSR count). The summed E-state index contributed by atoms with van der Waals surface area (Å²) >= 11 is 0. The van der Waals surface area contributed by atoms with Crippen molar-refractivity contribution in [3.05, 3.63) is 36.3 Å². The third-order valence-corrected chi connectivity index (χ3v) is 7.34. The van der Waals surface area contributed by atoms with Crippen LogP contribution in [0.1, 0.15) is 32.1 Å². The molecule has 1 aliphatic carbocycles. The van der Waals surface area contributed by atoms with Crippen molar-refractivity contribution in [2.45, 2.75) is 42.5 Å². The Bertz CT molecular complexity index is 1380. The highest BCUT2D eigenvalue weighted by molar-refractivity contribution is 7.89. The number of benzene rings is 1. The molecular formula is C21H25FN8O2S. The average Bonchev–Trinajstić information content (AvgIpc) is 3.18. The molecule has 2 aliphatic rings. The molecule has 12 heteroatoms. The van der Waals surface area contributed by atoms with Crippen molar-refractivity contribution >= 4 is 44.3 Å². The lowest BCUT2D eigenvalue weighted by Gasteiger charge is -2.47. The molecule has 1 aliphatic heterocycles. The van der Waals surface area contributed by atoms with Crippen LogP contribution < -0.4 is 20.9 Å². The molecule has 0 radical (unpaired) electrons. The number of nitrogens with two attached hydrogens (primary N) is 1. The van der Waals surface area contributed by atoms with E-state index in [1.807, 2.05) is 18.1 Å². The maximum absolute atomic E-state index is 14.6. The highest BCUT2D eigenvalue weighted by Gasteiger charge is 2.45. The van der Waals surface area contributed by atoms with Crippen molar-refractivity contribution in [1.82, 2.24) is 20.0 Å². The van der Waals surface area contributed by atoms with Gasteiger partial charge in [0.1, 0.15) is 28.7 Å². The van der Waals surface area contributed by atoms with Gasteiger partial charge in [-0.2, -0.15) is 4.98 Å². The Labute approximate surface area is 190 Å². The summed E-state index contributed by atoms with van der Waals surface area (Å²) in [5, 5.41) is 10.7. The van der Waals surface area contributed by atoms with E-state index in [2.05, 4.69) is 25.3 Å². The number of anilines is 3. The molecule has 0 amide bonds. The van der Waals surface area contributed by atoms with Crippen LogP contribution in [0.15, 0.2) is 40.4 Å². The van der Waals surface area contributed by atoms with Crippen LogP contribution in [0.2, 0.25) is 0 Å². The summed E-state index contributed by atoms with van der Waals surface area (Å²) in [6.07, 6.45) is 6.92. The highest BCUT2D eigenvalue weighted by atomic mass is 32.2. The molecule has 1 saturated carbocycles. The summed E-state index contributed by atoms with van der Waals surface area (Å²) in [7, 11) is -0.278. The van der Waals surface area contributed by atoms with E-state index in [1.54, 1.807) is 13.2 Å². The number of hydrazine groups is 1. The molecule has 0 bridgehead atoms. The summed E-state index contributed by atoms with van der Waals surface area (Å²) in [6, 6.07) is 5.44. The van der Waals surface area contributed by atoms with E-state index in [0.717, 1.165) is 54.4 Å². The van der Waals surface area contributed by atoms with Gasteiger partial charge in [-0.25, -0.2) is 22.9 Å². The number of nitrogens with one attached hydrogen (secondary N) is 2. The van der Waals surface area contributed by atoms with Crippen molar-refractivity contribution in [2.75, 3.05) is 24.4 Å². The maximum Gasteiger partial charge on any atom is 0.238 e. The van der Waals surface area contributed by atoms with Gasteiger partial charge in [-0.3, -0.25) is 20.0 Å². The van der Waals surface area contributed by atoms with Crippen LogP contribution in [-0.2, 0) is 15.6 Å². The number of nitrogens with zero attached hydrogens (tertiary/aromatic N) is 5. The first-order valence-electron chi connectivity index (χ1n) is 10.7. The number of fused-ring (bicyclic) bond motifs is 4. The minimum atomic E-state index is -4.00. The van der Waals surface area contributed by atoms with Gasteiger partial charge in [-0.15, -0.1) is 0 Å². The highest BCUT2D eigenvalue weighted by Crippen LogP contribution is 2.44. The van der Waals surface area contributed by atoms with Crippen molar-refractivity contribution in [2.24, 2.45) is 10.1 Å². The molecule has 0 saturated heterocycles. The number of aromatic nitrogens is 3. The van der Waals surface area contributed by atoms with Crippen molar-refractivity contribution in [3.63, 3.8) is 0 Å². The molecule has 1 aromatic carbocycles. The van der Waals surface area contributed by atoms with Gasteiger partial charge in [0.25, 0.3) is 0 Å². The predicted molar refractivity (Wildman–Crippen MR) is 125 cm³/mol. The van der Waals surface area contributed by atoms with Gasteiger partial charge < -0.3 is 5.32 Å². The molecule has 2 aromatic heterocycles. The molecule has 4 N–H and O–H groups in total. The average molecular weight is 473 g/mol. The molecule has 174 valence electrons. The van der Waals surface area contributed by atoms with Gasteiger partial charge in [-0.05, 0) is 37.1 Å². The lowest BCUT2D eigenvalue weighted by atomic mass is 9.79. The van der Waals surface area contributed by atoms with E-state index in [9.17, 15) is 12.8 Å². The van der Waals surface area contributed by atoms with E-state index >= 15 is 0 Å². The molecule has 0 atom stereocenters. The maximum atomic E-state index is 14.6. The van der Waals surface area contributed by atoms with E-state index in [0.29, 0.717) is 0 Å². The molecule has 1 spiro atoms. The Hall–Kier alpha value is -3.25. The van der Waals surface area contributed by atoms with Gasteiger partial charge in [0, 0.05) is 25.7 Å². The second kappa shape index (κ2) is 7.66. The molecular weight excluding hydrogens is 447 g/mol. The molecule has 33 heavy (non-hydrogen) atoms. The topological polar surface area (TPSA) is 131 Å². The number of halogens is 1. The van der Waals surface area contributed by atoms with Crippen LogP contribution >= 0.6 is 0 Å². The van der Waals surface area contributed by atoms with Crippen molar-refractivity contribution in [1.29, 1.82) is 0 Å². The lowest BCUT2D eigenvalue weighted by Crippen LogP contribution is -2.59. The van der Waals surface area contributed by atoms with Crippen LogP contribution in [0.5, 0.6) is 0 Å². The van der Waals surface area contributed by atoms with Crippen molar-refractivity contribution in [3.8, 4) is 0 Å². The standard InChI is InChI=1S/C21H25FN8O2S/c1-24-19-21(8-4-3-5-9-21)30-17(29(2)28-19)10-13-12-25-20(27-18(13)30)26-16-7-6-14(11-15(16)22)33(23,31)32/h6-7,10-12H,3-5,8-9H2,1-2H3,(H,24,28)(H2,23,31,32)(H,25,26,27). The van der Waals surface area contributed by atoms with E-state index in [4.69, 9.17) is 10.1 Å². The Morgan fingerprint density at radius 2 is 2.00 bits per heavy atom. The van der Waals surface area contributed by atoms with Gasteiger partial charge in [0.05, 0.1) is 10.6 Å². The number of sulfonamides is 1. The van der Waals surface area contributed by atoms with E-state index < -0.39 is 15.8 Å². The number of hydrogen-bond donors (Lipinski definition) is 3. The van der Waals surface area contributed by atoms with Gasteiger partial charge in [0.15, 0.2) is 0 Å². The fourth-order valence-electron chi connectivity index (χ4n) is 4.88. The number of hydrogen-bond acceptors (Lipinski definition) is 7. The Morgan fingerprint density at radius 3 is 2.67 bits per heavy atom. The number of amidine groups is 1. The Kier molecular flexibility index (Phi) is 5.01. The fourth-order valence-corrected chi connectivity index (χ4v) is 5.41. The van der Waals surface area contributed by atoms with Crippen molar-refractivity contribution < 1.29 is 12.8 Å². The molecule has 0 unspecified atom stereocenters. The summed E-state index contributed by atoms with van der Waals surface area (Å²) in [4.78, 5) is 13.3. The van der Waals surface area contributed by atoms with Gasteiger partial charge in [-0.1, -0.05) is 19.3 Å². The first-order chi connectivity index (χ1) is 15.7. The van der Waals surface area contributed by atoms with Gasteiger partial charge >= 0.3 is 0 Å². The molecule has 1 fully saturated rings. The quantitative estimate of drug-likeness (QED) is 0.534. The second-order valence-electron chi connectivity index (χ2n) is 8.46. The van der Waals surface area contributed by atoms with Crippen LogP contribution in [-0.4, -0.2) is 42.9 Å². The molecule has 3 heterocycles. The predicted octanol–water partition coefficient (Wildman–Crippen LogP) is 2.60. The number of aliphatic imine (C=N–C) groups is 1. The smallest absolute Gasteiger partial charge is 0.238 e. The van der Waals surface area contributed by atoms with E-state index in [-0.39, 0.29) is 22.1 Å². The zero-order valence-corrected chi connectivity index (χ0v) is 19.2. The Morgan fingerprint density at radius 1 is 1.24 bits per heavy atom. The fraction of sp³-hybridized carbons (Fsp3) is 0.381. The number of primary sulfonamides is 1. The monoisotopic (exact) mass is 472 g/mol. The summed E-state index contributed by atoms with van der Waals surface area (Å²) in [6.45, 7) is 0. The molecule has 10 nitrogen and oxygen atoms in total. The third kappa shape index (κ3) is 3.49. The summed E-state index contributed by atoms with van der Waals surface area (Å²) in [5.41, 5.74) is 3.86. The van der Waals surface area contributed by atoms with Crippen LogP contribution in [0.25, 0.3) is 11.0 Å². The second-order valence-corrected chi connectivity index (χ2v) is 10.0. The van der Waals surface area contributed by atoms with Gasteiger partial charge in [0.2, 0.25) is 16.0 Å². The lowest BCUT2D eigenvalue weighted by molar-refractivity contribution is 0.272. The molecule has 3 aromatic rings. The zero-order valence-electron chi connectivity index (χ0n) is 18.3. The van der Waals surface area contributed by atoms with Crippen LogP contribution in [0.3, 0.4) is 0 Å². The van der Waals surface area contributed by atoms with Crippen LogP contribution in [0, 0.1) is 5.82 Å². The first kappa shape index (κ1) is 21.6. The minimum absolute atomic E-state index is 0.0501. The van der Waals surface area contributed by atoms with Crippen LogP contribution in [0.4, 0.5) is 21.8 Å². The minimum Gasteiger partial charge on any atom is -0.322 e. The normalized spacial score (nSPS) is 19.0. The number of rotatable bonds is 3.